The van der Waals surface area contributed by atoms with Crippen LogP contribution in [-0.2, 0) is 13.2 Å². The molecule has 0 radical (unpaired) electrons. The van der Waals surface area contributed by atoms with E-state index in [4.69, 9.17) is 16.3 Å². The Hall–Kier alpha value is -1.71. The number of para-hydroxylation sites is 1. The second kappa shape index (κ2) is 5.73. The maximum atomic E-state index is 9.50. The fourth-order valence-electron chi connectivity index (χ4n) is 2.50. The topological polar surface area (TPSA) is 32.7 Å². The second-order valence-electron chi connectivity index (χ2n) is 4.81. The Balaban J connectivity index is 1.97. The Labute approximate surface area is 123 Å². The SMILES string of the molecule is OCc1ccc(Cl)cc1N1CCOc2ccccc2C1. The Morgan fingerprint density at radius 3 is 2.90 bits per heavy atom. The van der Waals surface area contributed by atoms with E-state index in [1.165, 1.54) is 0 Å². The third-order valence-corrected chi connectivity index (χ3v) is 3.75. The average Bonchev–Trinajstić information content (AvgIpc) is 2.69. The third kappa shape index (κ3) is 2.60. The summed E-state index contributed by atoms with van der Waals surface area (Å²) in [6, 6.07) is 13.6. The summed E-state index contributed by atoms with van der Waals surface area (Å²) in [6.07, 6.45) is 0. The lowest BCUT2D eigenvalue weighted by Crippen LogP contribution is -2.26. The molecule has 0 saturated heterocycles. The van der Waals surface area contributed by atoms with Crippen molar-refractivity contribution < 1.29 is 9.84 Å². The minimum atomic E-state index is 0.00546. The van der Waals surface area contributed by atoms with Crippen molar-refractivity contribution in [2.75, 3.05) is 18.1 Å². The number of benzene rings is 2. The van der Waals surface area contributed by atoms with E-state index in [-0.39, 0.29) is 6.61 Å². The molecule has 3 rings (SSSR count). The Bertz CT molecular complexity index is 615. The molecule has 0 aliphatic carbocycles. The van der Waals surface area contributed by atoms with Crippen LogP contribution < -0.4 is 9.64 Å². The normalized spacial score (nSPS) is 14.4. The van der Waals surface area contributed by atoms with Gasteiger partial charge in [-0.2, -0.15) is 0 Å². The number of nitrogens with zero attached hydrogens (tertiary/aromatic N) is 1. The average molecular weight is 290 g/mol. The number of halogens is 1. The molecule has 2 aromatic rings. The van der Waals surface area contributed by atoms with Crippen molar-refractivity contribution in [1.82, 2.24) is 0 Å². The first-order valence-electron chi connectivity index (χ1n) is 6.63. The lowest BCUT2D eigenvalue weighted by Gasteiger charge is -2.24. The second-order valence-corrected chi connectivity index (χ2v) is 5.25. The fourth-order valence-corrected chi connectivity index (χ4v) is 2.66. The van der Waals surface area contributed by atoms with Crippen molar-refractivity contribution in [3.8, 4) is 5.75 Å². The van der Waals surface area contributed by atoms with Crippen LogP contribution in [0.15, 0.2) is 42.5 Å². The van der Waals surface area contributed by atoms with Crippen LogP contribution in [0.3, 0.4) is 0 Å². The summed E-state index contributed by atoms with van der Waals surface area (Å²) in [6.45, 7) is 2.14. The zero-order valence-electron chi connectivity index (χ0n) is 11.1. The number of fused-ring (bicyclic) bond motifs is 1. The summed E-state index contributed by atoms with van der Waals surface area (Å²) in [4.78, 5) is 2.20. The Morgan fingerprint density at radius 1 is 1.20 bits per heavy atom. The van der Waals surface area contributed by atoms with E-state index in [0.29, 0.717) is 11.6 Å². The minimum Gasteiger partial charge on any atom is -0.491 e. The summed E-state index contributed by atoms with van der Waals surface area (Å²) in [5.74, 6) is 0.933. The summed E-state index contributed by atoms with van der Waals surface area (Å²) in [5, 5.41) is 10.2. The molecule has 1 aliphatic rings. The van der Waals surface area contributed by atoms with Gasteiger partial charge in [0.25, 0.3) is 0 Å². The molecule has 2 aromatic carbocycles. The van der Waals surface area contributed by atoms with Crippen LogP contribution in [0.4, 0.5) is 5.69 Å². The molecule has 1 heterocycles. The van der Waals surface area contributed by atoms with Gasteiger partial charge in [0, 0.05) is 28.4 Å². The molecule has 0 unspecified atom stereocenters. The van der Waals surface area contributed by atoms with Gasteiger partial charge in [0.05, 0.1) is 13.2 Å². The summed E-state index contributed by atoms with van der Waals surface area (Å²) in [5.41, 5.74) is 3.00. The van der Waals surface area contributed by atoms with Gasteiger partial charge >= 0.3 is 0 Å². The maximum Gasteiger partial charge on any atom is 0.124 e. The summed E-state index contributed by atoms with van der Waals surface area (Å²) >= 11 is 6.09. The number of ether oxygens (including phenoxy) is 1. The van der Waals surface area contributed by atoms with E-state index in [0.717, 1.165) is 35.7 Å². The number of anilines is 1. The lowest BCUT2D eigenvalue weighted by atomic mass is 10.1. The van der Waals surface area contributed by atoms with Crippen molar-refractivity contribution in [3.05, 3.63) is 58.6 Å². The molecule has 0 bridgehead atoms. The molecule has 104 valence electrons. The van der Waals surface area contributed by atoms with E-state index in [9.17, 15) is 5.11 Å². The molecule has 0 fully saturated rings. The standard InChI is InChI=1S/C16H16ClNO2/c17-14-6-5-13(11-19)15(9-14)18-7-8-20-16-4-2-1-3-12(16)10-18/h1-6,9,19H,7-8,10-11H2. The fraction of sp³-hybridized carbons (Fsp3) is 0.250. The van der Waals surface area contributed by atoms with E-state index < -0.39 is 0 Å². The maximum absolute atomic E-state index is 9.50. The minimum absolute atomic E-state index is 0.00546. The smallest absolute Gasteiger partial charge is 0.124 e. The quantitative estimate of drug-likeness (QED) is 0.921. The van der Waals surface area contributed by atoms with Crippen LogP contribution in [0.1, 0.15) is 11.1 Å². The first-order chi connectivity index (χ1) is 9.78. The van der Waals surface area contributed by atoms with Gasteiger partial charge in [-0.1, -0.05) is 35.9 Å². The monoisotopic (exact) mass is 289 g/mol. The number of hydrogen-bond acceptors (Lipinski definition) is 3. The van der Waals surface area contributed by atoms with Crippen LogP contribution in [-0.4, -0.2) is 18.3 Å². The van der Waals surface area contributed by atoms with E-state index >= 15 is 0 Å². The molecule has 0 saturated carbocycles. The summed E-state index contributed by atoms with van der Waals surface area (Å²) < 4.78 is 5.77. The highest BCUT2D eigenvalue weighted by Gasteiger charge is 2.17. The molecule has 0 spiro atoms. The Kier molecular flexibility index (Phi) is 3.81. The van der Waals surface area contributed by atoms with Crippen molar-refractivity contribution in [2.45, 2.75) is 13.2 Å². The van der Waals surface area contributed by atoms with Crippen LogP contribution in [0, 0.1) is 0 Å². The number of hydrogen-bond donors (Lipinski definition) is 1. The third-order valence-electron chi connectivity index (χ3n) is 3.51. The highest BCUT2D eigenvalue weighted by Crippen LogP contribution is 2.30. The first kappa shape index (κ1) is 13.3. The van der Waals surface area contributed by atoms with E-state index in [2.05, 4.69) is 11.0 Å². The van der Waals surface area contributed by atoms with E-state index in [1.807, 2.05) is 30.3 Å². The van der Waals surface area contributed by atoms with Gasteiger partial charge in [-0.25, -0.2) is 0 Å². The molecular weight excluding hydrogens is 274 g/mol. The van der Waals surface area contributed by atoms with Crippen molar-refractivity contribution in [3.63, 3.8) is 0 Å². The largest absolute Gasteiger partial charge is 0.491 e. The van der Waals surface area contributed by atoms with Crippen LogP contribution in [0.2, 0.25) is 5.02 Å². The number of aliphatic hydroxyl groups is 1. The molecular formula is C16H16ClNO2. The molecule has 20 heavy (non-hydrogen) atoms. The highest BCUT2D eigenvalue weighted by molar-refractivity contribution is 6.30. The molecule has 1 N–H and O–H groups in total. The molecule has 3 nitrogen and oxygen atoms in total. The van der Waals surface area contributed by atoms with Crippen LogP contribution >= 0.6 is 11.6 Å². The highest BCUT2D eigenvalue weighted by atomic mass is 35.5. The van der Waals surface area contributed by atoms with Gasteiger partial charge < -0.3 is 14.7 Å². The zero-order valence-corrected chi connectivity index (χ0v) is 11.8. The van der Waals surface area contributed by atoms with Crippen molar-refractivity contribution in [1.29, 1.82) is 0 Å². The van der Waals surface area contributed by atoms with E-state index in [1.54, 1.807) is 6.07 Å². The molecule has 4 heteroatoms. The van der Waals surface area contributed by atoms with Crippen LogP contribution in [0.25, 0.3) is 0 Å². The zero-order chi connectivity index (χ0) is 13.9. The molecule has 0 amide bonds. The Morgan fingerprint density at radius 2 is 2.05 bits per heavy atom. The summed E-state index contributed by atoms with van der Waals surface area (Å²) in [7, 11) is 0. The molecule has 1 aliphatic heterocycles. The van der Waals surface area contributed by atoms with Gasteiger partial charge in [-0.05, 0) is 18.2 Å². The van der Waals surface area contributed by atoms with Gasteiger partial charge in [0.2, 0.25) is 0 Å². The lowest BCUT2D eigenvalue weighted by molar-refractivity contribution is 0.281. The predicted octanol–water partition coefficient (Wildman–Crippen LogP) is 3.23. The van der Waals surface area contributed by atoms with Crippen molar-refractivity contribution >= 4 is 17.3 Å². The number of rotatable bonds is 2. The molecule has 0 atom stereocenters. The predicted molar refractivity (Wildman–Crippen MR) is 80.4 cm³/mol. The van der Waals surface area contributed by atoms with Gasteiger partial charge in [-0.15, -0.1) is 0 Å². The number of aliphatic hydroxyl groups excluding tert-OH is 1. The molecule has 0 aromatic heterocycles. The van der Waals surface area contributed by atoms with Gasteiger partial charge in [-0.3, -0.25) is 0 Å². The van der Waals surface area contributed by atoms with Gasteiger partial charge in [0.1, 0.15) is 12.4 Å². The first-order valence-corrected chi connectivity index (χ1v) is 7.00. The van der Waals surface area contributed by atoms with Crippen molar-refractivity contribution in [2.24, 2.45) is 0 Å². The van der Waals surface area contributed by atoms with Crippen LogP contribution in [0.5, 0.6) is 5.75 Å². The van der Waals surface area contributed by atoms with Gasteiger partial charge in [0.15, 0.2) is 0 Å².